The van der Waals surface area contributed by atoms with Crippen molar-refractivity contribution < 1.29 is 10.2 Å². The Kier molecular flexibility index (Phi) is 4.68. The highest BCUT2D eigenvalue weighted by atomic mass is 16.3. The van der Waals surface area contributed by atoms with E-state index >= 15 is 0 Å². The molecule has 1 aromatic rings. The van der Waals surface area contributed by atoms with Gasteiger partial charge in [-0.1, -0.05) is 0 Å². The Labute approximate surface area is 102 Å². The summed E-state index contributed by atoms with van der Waals surface area (Å²) < 4.78 is 1.79. The molecule has 1 heterocycles. The first-order valence-electron chi connectivity index (χ1n) is 5.92. The molecular formula is C12H23N3O2. The molecule has 1 rings (SSSR count). The SMILES string of the molecule is CNCCC(O)C(O)c1cnn(C(C)(C)C)c1. The average molecular weight is 241 g/mol. The van der Waals surface area contributed by atoms with Gasteiger partial charge in [-0.3, -0.25) is 4.68 Å². The molecule has 0 aliphatic rings. The van der Waals surface area contributed by atoms with E-state index < -0.39 is 12.2 Å². The minimum Gasteiger partial charge on any atom is -0.390 e. The van der Waals surface area contributed by atoms with E-state index in [1.807, 2.05) is 27.8 Å². The Balaban J connectivity index is 2.69. The van der Waals surface area contributed by atoms with Crippen molar-refractivity contribution in [3.05, 3.63) is 18.0 Å². The van der Waals surface area contributed by atoms with Crippen LogP contribution in [0.25, 0.3) is 0 Å². The second-order valence-corrected chi connectivity index (χ2v) is 5.29. The van der Waals surface area contributed by atoms with Gasteiger partial charge in [0.2, 0.25) is 0 Å². The van der Waals surface area contributed by atoms with Crippen LogP contribution < -0.4 is 5.32 Å². The number of hydrogen-bond donors (Lipinski definition) is 3. The van der Waals surface area contributed by atoms with E-state index in [0.717, 1.165) is 0 Å². The minimum absolute atomic E-state index is 0.117. The lowest BCUT2D eigenvalue weighted by molar-refractivity contribution is 0.0139. The van der Waals surface area contributed by atoms with Gasteiger partial charge in [0.15, 0.2) is 0 Å². The predicted molar refractivity (Wildman–Crippen MR) is 66.7 cm³/mol. The number of aliphatic hydroxyl groups excluding tert-OH is 2. The van der Waals surface area contributed by atoms with Crippen LogP contribution in [0.5, 0.6) is 0 Å². The first kappa shape index (κ1) is 14.2. The van der Waals surface area contributed by atoms with Crippen LogP contribution in [0.4, 0.5) is 0 Å². The maximum atomic E-state index is 9.96. The maximum Gasteiger partial charge on any atom is 0.108 e. The lowest BCUT2D eigenvalue weighted by Crippen LogP contribution is -2.24. The number of hydrogen-bond acceptors (Lipinski definition) is 4. The molecule has 3 N–H and O–H groups in total. The summed E-state index contributed by atoms with van der Waals surface area (Å²) in [5.74, 6) is 0. The third-order valence-corrected chi connectivity index (χ3v) is 2.69. The number of rotatable bonds is 5. The van der Waals surface area contributed by atoms with E-state index in [-0.39, 0.29) is 5.54 Å². The van der Waals surface area contributed by atoms with Gasteiger partial charge in [-0.15, -0.1) is 0 Å². The van der Waals surface area contributed by atoms with Crippen molar-refractivity contribution in [2.45, 2.75) is 44.9 Å². The lowest BCUT2D eigenvalue weighted by atomic mass is 10.1. The summed E-state index contributed by atoms with van der Waals surface area (Å²) in [5, 5.41) is 26.9. The highest BCUT2D eigenvalue weighted by Crippen LogP contribution is 2.21. The van der Waals surface area contributed by atoms with Crippen molar-refractivity contribution in [2.75, 3.05) is 13.6 Å². The molecule has 2 unspecified atom stereocenters. The summed E-state index contributed by atoms with van der Waals surface area (Å²) in [6.07, 6.45) is 2.27. The third kappa shape index (κ3) is 3.80. The maximum absolute atomic E-state index is 9.96. The molecule has 0 saturated carbocycles. The number of nitrogens with zero attached hydrogens (tertiary/aromatic N) is 2. The zero-order valence-electron chi connectivity index (χ0n) is 11.0. The van der Waals surface area contributed by atoms with Crippen LogP contribution in [0.1, 0.15) is 38.9 Å². The molecule has 5 heteroatoms. The fourth-order valence-corrected chi connectivity index (χ4v) is 1.53. The van der Waals surface area contributed by atoms with Crippen molar-refractivity contribution in [1.29, 1.82) is 0 Å². The molecule has 0 fully saturated rings. The monoisotopic (exact) mass is 241 g/mol. The number of nitrogens with one attached hydrogen (secondary N) is 1. The van der Waals surface area contributed by atoms with E-state index in [2.05, 4.69) is 10.4 Å². The van der Waals surface area contributed by atoms with Gasteiger partial charge in [-0.2, -0.15) is 5.10 Å². The molecule has 0 amide bonds. The van der Waals surface area contributed by atoms with Crippen molar-refractivity contribution in [3.63, 3.8) is 0 Å². The first-order valence-corrected chi connectivity index (χ1v) is 5.92. The smallest absolute Gasteiger partial charge is 0.108 e. The molecule has 0 radical (unpaired) electrons. The predicted octanol–water partition coefficient (Wildman–Crippen LogP) is 0.642. The van der Waals surface area contributed by atoms with Crippen LogP contribution in [0.2, 0.25) is 0 Å². The molecule has 5 nitrogen and oxygen atoms in total. The second-order valence-electron chi connectivity index (χ2n) is 5.29. The Bertz CT molecular complexity index is 344. The molecule has 0 aromatic carbocycles. The van der Waals surface area contributed by atoms with Gasteiger partial charge in [-0.05, 0) is 40.8 Å². The number of aromatic nitrogens is 2. The normalized spacial score (nSPS) is 15.9. The van der Waals surface area contributed by atoms with Crippen LogP contribution in [0.3, 0.4) is 0 Å². The van der Waals surface area contributed by atoms with Crippen LogP contribution in [-0.2, 0) is 5.54 Å². The molecule has 1 aromatic heterocycles. The zero-order chi connectivity index (χ0) is 13.1. The van der Waals surface area contributed by atoms with Crippen LogP contribution >= 0.6 is 0 Å². The van der Waals surface area contributed by atoms with Crippen LogP contribution in [0.15, 0.2) is 12.4 Å². The van der Waals surface area contributed by atoms with Crippen LogP contribution in [0, 0.1) is 0 Å². The quantitative estimate of drug-likeness (QED) is 0.707. The van der Waals surface area contributed by atoms with Gasteiger partial charge in [0.05, 0.1) is 17.8 Å². The van der Waals surface area contributed by atoms with E-state index in [1.165, 1.54) is 0 Å². The Morgan fingerprint density at radius 2 is 2.06 bits per heavy atom. The molecular weight excluding hydrogens is 218 g/mol. The molecule has 0 aliphatic heterocycles. The molecule has 98 valence electrons. The van der Waals surface area contributed by atoms with E-state index in [0.29, 0.717) is 18.5 Å². The van der Waals surface area contributed by atoms with Crippen molar-refractivity contribution in [3.8, 4) is 0 Å². The molecule has 0 bridgehead atoms. The summed E-state index contributed by atoms with van der Waals surface area (Å²) in [7, 11) is 1.82. The Hall–Kier alpha value is -0.910. The van der Waals surface area contributed by atoms with Crippen LogP contribution in [-0.4, -0.2) is 39.7 Å². The van der Waals surface area contributed by atoms with Crippen molar-refractivity contribution in [1.82, 2.24) is 15.1 Å². The summed E-state index contributed by atoms with van der Waals surface area (Å²) in [5.41, 5.74) is 0.539. The molecule has 0 spiro atoms. The van der Waals surface area contributed by atoms with E-state index in [9.17, 15) is 10.2 Å². The summed E-state index contributed by atoms with van der Waals surface area (Å²) in [6.45, 7) is 6.78. The van der Waals surface area contributed by atoms with Crippen molar-refractivity contribution in [2.24, 2.45) is 0 Å². The fraction of sp³-hybridized carbons (Fsp3) is 0.750. The highest BCUT2D eigenvalue weighted by Gasteiger charge is 2.21. The van der Waals surface area contributed by atoms with E-state index in [1.54, 1.807) is 17.1 Å². The minimum atomic E-state index is -0.876. The van der Waals surface area contributed by atoms with Gasteiger partial charge in [0.1, 0.15) is 6.10 Å². The number of aliphatic hydroxyl groups is 2. The van der Waals surface area contributed by atoms with Gasteiger partial charge in [-0.25, -0.2) is 0 Å². The van der Waals surface area contributed by atoms with Gasteiger partial charge >= 0.3 is 0 Å². The van der Waals surface area contributed by atoms with E-state index in [4.69, 9.17) is 0 Å². The average Bonchev–Trinajstić information content (AvgIpc) is 2.73. The Morgan fingerprint density at radius 1 is 1.41 bits per heavy atom. The van der Waals surface area contributed by atoms with Gasteiger partial charge < -0.3 is 15.5 Å². The molecule has 0 saturated heterocycles. The Morgan fingerprint density at radius 3 is 2.53 bits per heavy atom. The molecule has 17 heavy (non-hydrogen) atoms. The highest BCUT2D eigenvalue weighted by molar-refractivity contribution is 5.10. The topological polar surface area (TPSA) is 70.3 Å². The standard InChI is InChI=1S/C12H23N3O2/c1-12(2,3)15-8-9(7-14-15)11(17)10(16)5-6-13-4/h7-8,10-11,13,16-17H,5-6H2,1-4H3. The summed E-state index contributed by atoms with van der Waals surface area (Å²) in [6, 6.07) is 0. The first-order chi connectivity index (χ1) is 7.86. The zero-order valence-corrected chi connectivity index (χ0v) is 11.0. The van der Waals surface area contributed by atoms with Gasteiger partial charge in [0, 0.05) is 11.8 Å². The lowest BCUT2D eigenvalue weighted by Gasteiger charge is -2.19. The second kappa shape index (κ2) is 5.62. The third-order valence-electron chi connectivity index (χ3n) is 2.69. The largest absolute Gasteiger partial charge is 0.390 e. The van der Waals surface area contributed by atoms with Gasteiger partial charge in [0.25, 0.3) is 0 Å². The summed E-state index contributed by atoms with van der Waals surface area (Å²) in [4.78, 5) is 0. The van der Waals surface area contributed by atoms with Crippen molar-refractivity contribution >= 4 is 0 Å². The molecule has 2 atom stereocenters. The fourth-order valence-electron chi connectivity index (χ4n) is 1.53. The summed E-state index contributed by atoms with van der Waals surface area (Å²) >= 11 is 0. The molecule has 0 aliphatic carbocycles.